The largest absolute Gasteiger partial charge is 0.327 e. The topological polar surface area (TPSA) is 49.4 Å². The first-order chi connectivity index (χ1) is 11.2. The first kappa shape index (κ1) is 14.7. The smallest absolute Gasteiger partial charge is 0.247 e. The molecule has 1 saturated heterocycles. The maximum Gasteiger partial charge on any atom is 0.247 e. The molecule has 122 valence electrons. The van der Waals surface area contributed by atoms with Gasteiger partial charge < -0.3 is 10.2 Å². The zero-order chi connectivity index (χ0) is 15.8. The molecule has 2 aliphatic carbocycles. The number of carbonyl (C=O) groups is 2. The molecule has 2 saturated carbocycles. The van der Waals surface area contributed by atoms with Gasteiger partial charge in [0.15, 0.2) is 0 Å². The number of hydrogen-bond acceptors (Lipinski definition) is 2. The fourth-order valence-corrected chi connectivity index (χ4v) is 4.30. The molecule has 23 heavy (non-hydrogen) atoms. The van der Waals surface area contributed by atoms with Gasteiger partial charge in [-0.3, -0.25) is 9.59 Å². The summed E-state index contributed by atoms with van der Waals surface area (Å²) in [7, 11) is 0. The molecule has 4 rings (SSSR count). The van der Waals surface area contributed by atoms with Crippen molar-refractivity contribution in [3.63, 3.8) is 0 Å². The molecule has 3 atom stereocenters. The lowest BCUT2D eigenvalue weighted by Gasteiger charge is -2.33. The summed E-state index contributed by atoms with van der Waals surface area (Å²) in [5.41, 5.74) is 0.811. The van der Waals surface area contributed by atoms with Crippen LogP contribution in [0.3, 0.4) is 0 Å². The molecule has 0 bridgehead atoms. The number of fused-ring (bicyclic) bond motifs is 1. The summed E-state index contributed by atoms with van der Waals surface area (Å²) < 4.78 is 0. The fraction of sp³-hybridized carbons (Fsp3) is 0.579. The predicted molar refractivity (Wildman–Crippen MR) is 88.8 cm³/mol. The molecule has 0 radical (unpaired) electrons. The van der Waals surface area contributed by atoms with Crippen molar-refractivity contribution >= 4 is 17.5 Å². The van der Waals surface area contributed by atoms with Gasteiger partial charge in [-0.2, -0.15) is 0 Å². The summed E-state index contributed by atoms with van der Waals surface area (Å²) in [6, 6.07) is 9.57. The number of rotatable bonds is 3. The highest BCUT2D eigenvalue weighted by Crippen LogP contribution is 2.43. The van der Waals surface area contributed by atoms with Crippen molar-refractivity contribution in [2.24, 2.45) is 11.8 Å². The van der Waals surface area contributed by atoms with Gasteiger partial charge in [0.2, 0.25) is 11.8 Å². The third kappa shape index (κ3) is 2.87. The molecule has 1 aromatic rings. The van der Waals surface area contributed by atoms with Gasteiger partial charge in [0, 0.05) is 17.6 Å². The first-order valence-corrected chi connectivity index (χ1v) is 8.92. The molecule has 3 fully saturated rings. The van der Waals surface area contributed by atoms with E-state index in [1.165, 1.54) is 12.8 Å². The predicted octanol–water partition coefficient (Wildman–Crippen LogP) is 3.19. The molecular weight excluding hydrogens is 288 g/mol. The van der Waals surface area contributed by atoms with Gasteiger partial charge in [0.05, 0.1) is 0 Å². The zero-order valence-electron chi connectivity index (χ0n) is 13.4. The zero-order valence-corrected chi connectivity index (χ0v) is 13.4. The van der Waals surface area contributed by atoms with E-state index in [2.05, 4.69) is 5.32 Å². The third-order valence-electron chi connectivity index (χ3n) is 5.61. The van der Waals surface area contributed by atoms with Crippen LogP contribution in [0.15, 0.2) is 30.3 Å². The monoisotopic (exact) mass is 312 g/mol. The van der Waals surface area contributed by atoms with E-state index in [0.29, 0.717) is 12.0 Å². The van der Waals surface area contributed by atoms with Crippen LogP contribution >= 0.6 is 0 Å². The Labute approximate surface area is 137 Å². The number of nitrogens with zero attached hydrogens (tertiary/aromatic N) is 1. The first-order valence-electron chi connectivity index (χ1n) is 8.92. The number of hydrogen-bond donors (Lipinski definition) is 1. The Morgan fingerprint density at radius 1 is 1.00 bits per heavy atom. The minimum atomic E-state index is -0.281. The summed E-state index contributed by atoms with van der Waals surface area (Å²) in [5, 5.41) is 3.00. The van der Waals surface area contributed by atoms with Crippen molar-refractivity contribution in [1.29, 1.82) is 0 Å². The SMILES string of the molecule is O=C(Nc1ccccc1)[C@@H]1C[C@H]2CCCC[C@H]2N1C(=O)C1CC1. The molecule has 4 heteroatoms. The molecule has 0 aromatic heterocycles. The van der Waals surface area contributed by atoms with Gasteiger partial charge in [0.25, 0.3) is 0 Å². The molecule has 1 heterocycles. The second-order valence-corrected chi connectivity index (χ2v) is 7.24. The Morgan fingerprint density at radius 3 is 2.48 bits per heavy atom. The van der Waals surface area contributed by atoms with E-state index in [9.17, 15) is 9.59 Å². The van der Waals surface area contributed by atoms with Crippen molar-refractivity contribution in [2.75, 3.05) is 5.32 Å². The van der Waals surface area contributed by atoms with E-state index in [1.807, 2.05) is 35.2 Å². The van der Waals surface area contributed by atoms with Crippen LogP contribution < -0.4 is 5.32 Å². The highest BCUT2D eigenvalue weighted by atomic mass is 16.2. The summed E-state index contributed by atoms with van der Waals surface area (Å²) >= 11 is 0. The second-order valence-electron chi connectivity index (χ2n) is 7.24. The molecule has 0 spiro atoms. The number of benzene rings is 1. The Morgan fingerprint density at radius 2 is 1.74 bits per heavy atom. The molecular formula is C19H24N2O2. The van der Waals surface area contributed by atoms with E-state index in [0.717, 1.165) is 37.8 Å². The lowest BCUT2D eigenvalue weighted by atomic mass is 9.84. The summed E-state index contributed by atoms with van der Waals surface area (Å²) in [5.74, 6) is 0.910. The van der Waals surface area contributed by atoms with E-state index in [-0.39, 0.29) is 23.8 Å². The van der Waals surface area contributed by atoms with Crippen LogP contribution in [0.2, 0.25) is 0 Å². The summed E-state index contributed by atoms with van der Waals surface area (Å²) in [6.45, 7) is 0. The lowest BCUT2D eigenvalue weighted by molar-refractivity contribution is -0.140. The van der Waals surface area contributed by atoms with Crippen molar-refractivity contribution in [1.82, 2.24) is 4.90 Å². The molecule has 0 unspecified atom stereocenters. The Kier molecular flexibility index (Phi) is 3.83. The summed E-state index contributed by atoms with van der Waals surface area (Å²) in [4.78, 5) is 27.6. The number of nitrogens with one attached hydrogen (secondary N) is 1. The second kappa shape index (κ2) is 5.99. The highest BCUT2D eigenvalue weighted by molar-refractivity contribution is 5.98. The van der Waals surface area contributed by atoms with Gasteiger partial charge in [-0.25, -0.2) is 0 Å². The van der Waals surface area contributed by atoms with Crippen molar-refractivity contribution < 1.29 is 9.59 Å². The molecule has 4 nitrogen and oxygen atoms in total. The molecule has 1 N–H and O–H groups in total. The third-order valence-corrected chi connectivity index (χ3v) is 5.61. The molecule has 2 amide bonds. The normalized spacial score (nSPS) is 29.9. The number of amides is 2. The Bertz CT molecular complexity index is 597. The van der Waals surface area contributed by atoms with E-state index < -0.39 is 0 Å². The molecule has 1 aromatic carbocycles. The van der Waals surface area contributed by atoms with Crippen LogP contribution in [0, 0.1) is 11.8 Å². The van der Waals surface area contributed by atoms with Crippen molar-refractivity contribution in [3.8, 4) is 0 Å². The van der Waals surface area contributed by atoms with Crippen LogP contribution in [-0.4, -0.2) is 28.8 Å². The quantitative estimate of drug-likeness (QED) is 0.932. The summed E-state index contributed by atoms with van der Waals surface area (Å²) in [6.07, 6.45) is 7.48. The van der Waals surface area contributed by atoms with Crippen LogP contribution in [0.4, 0.5) is 5.69 Å². The van der Waals surface area contributed by atoms with Crippen LogP contribution in [-0.2, 0) is 9.59 Å². The molecule has 3 aliphatic rings. The van der Waals surface area contributed by atoms with Crippen molar-refractivity contribution in [2.45, 2.75) is 57.0 Å². The van der Waals surface area contributed by atoms with E-state index in [4.69, 9.17) is 0 Å². The van der Waals surface area contributed by atoms with Gasteiger partial charge in [-0.15, -0.1) is 0 Å². The number of carbonyl (C=O) groups excluding carboxylic acids is 2. The average Bonchev–Trinajstić information content (AvgIpc) is 3.35. The fourth-order valence-electron chi connectivity index (χ4n) is 4.30. The van der Waals surface area contributed by atoms with Crippen molar-refractivity contribution in [3.05, 3.63) is 30.3 Å². The Balaban J connectivity index is 1.54. The van der Waals surface area contributed by atoms with Gasteiger partial charge in [-0.05, 0) is 50.2 Å². The lowest BCUT2D eigenvalue weighted by Crippen LogP contribution is -2.48. The number of para-hydroxylation sites is 1. The standard InChI is InChI=1S/C19H24N2O2/c22-18(20-15-7-2-1-3-8-15)17-12-14-6-4-5-9-16(14)21(17)19(23)13-10-11-13/h1-3,7-8,13-14,16-17H,4-6,9-12H2,(H,20,22)/t14-,16-,17+/m1/s1. The maximum absolute atomic E-state index is 12.8. The van der Waals surface area contributed by atoms with Crippen LogP contribution in [0.5, 0.6) is 0 Å². The number of likely N-dealkylation sites (tertiary alicyclic amines) is 1. The Hall–Kier alpha value is -1.84. The number of anilines is 1. The minimum absolute atomic E-state index is 0.0143. The van der Waals surface area contributed by atoms with E-state index in [1.54, 1.807) is 0 Å². The van der Waals surface area contributed by atoms with E-state index >= 15 is 0 Å². The molecule has 1 aliphatic heterocycles. The van der Waals surface area contributed by atoms with Crippen LogP contribution in [0.25, 0.3) is 0 Å². The maximum atomic E-state index is 12.8. The van der Waals surface area contributed by atoms with Gasteiger partial charge >= 0.3 is 0 Å². The average molecular weight is 312 g/mol. The minimum Gasteiger partial charge on any atom is -0.327 e. The van der Waals surface area contributed by atoms with Gasteiger partial charge in [0.1, 0.15) is 6.04 Å². The van der Waals surface area contributed by atoms with Crippen LogP contribution in [0.1, 0.15) is 44.9 Å². The highest BCUT2D eigenvalue weighted by Gasteiger charge is 2.50. The van der Waals surface area contributed by atoms with Gasteiger partial charge in [-0.1, -0.05) is 31.0 Å².